The predicted octanol–water partition coefficient (Wildman–Crippen LogP) is 1.33. The van der Waals surface area contributed by atoms with Crippen molar-refractivity contribution in [3.63, 3.8) is 0 Å². The number of piperidine rings is 1. The molecule has 0 amide bonds. The van der Waals surface area contributed by atoms with Gasteiger partial charge in [0.1, 0.15) is 0 Å². The lowest BCUT2D eigenvalue weighted by molar-refractivity contribution is -0.141. The summed E-state index contributed by atoms with van der Waals surface area (Å²) in [5, 5.41) is 3.43. The molecule has 3 nitrogen and oxygen atoms in total. The minimum atomic E-state index is -0.195. The maximum atomic E-state index is 10.5. The summed E-state index contributed by atoms with van der Waals surface area (Å²) in [7, 11) is 0. The molecule has 0 aliphatic carbocycles. The number of esters is 1. The molecule has 2 unspecified atom stereocenters. The zero-order chi connectivity index (χ0) is 11.1. The third-order valence-electron chi connectivity index (χ3n) is 2.75. The molecule has 0 bridgehead atoms. The van der Waals surface area contributed by atoms with E-state index in [-0.39, 0.29) is 5.97 Å². The summed E-state index contributed by atoms with van der Waals surface area (Å²) in [6, 6.07) is 0.546. The first-order valence-corrected chi connectivity index (χ1v) is 5.55. The fourth-order valence-electron chi connectivity index (χ4n) is 1.85. The second-order valence-electron chi connectivity index (χ2n) is 4.03. The van der Waals surface area contributed by atoms with Crippen molar-refractivity contribution < 1.29 is 9.53 Å². The Morgan fingerprint density at radius 3 is 2.93 bits per heavy atom. The van der Waals surface area contributed by atoms with E-state index in [0.29, 0.717) is 18.6 Å². The van der Waals surface area contributed by atoms with Crippen LogP contribution in [0.3, 0.4) is 0 Å². The normalized spacial score (nSPS) is 25.6. The van der Waals surface area contributed by atoms with Gasteiger partial charge in [0.15, 0.2) is 0 Å². The van der Waals surface area contributed by atoms with Crippen LogP contribution >= 0.6 is 0 Å². The van der Waals surface area contributed by atoms with Gasteiger partial charge >= 0.3 is 5.97 Å². The first kappa shape index (κ1) is 12.1. The van der Waals surface area contributed by atoms with Gasteiger partial charge in [-0.1, -0.05) is 0 Å². The van der Waals surface area contributed by atoms with E-state index in [0.717, 1.165) is 32.2 Å². The molecule has 1 N–H and O–H groups in total. The molecule has 1 rings (SSSR count). The van der Waals surface area contributed by atoms with Crippen LogP contribution < -0.4 is 5.32 Å². The highest BCUT2D eigenvalue weighted by atomic mass is 16.5. The minimum Gasteiger partial charge on any atom is -0.466 e. The first-order chi connectivity index (χ1) is 7.22. The minimum absolute atomic E-state index is 0.195. The highest BCUT2D eigenvalue weighted by molar-refractivity contribution is 5.65. The van der Waals surface area contributed by atoms with Crippen molar-refractivity contribution in [3.8, 4) is 12.3 Å². The average molecular weight is 209 g/mol. The molecule has 2 atom stereocenters. The van der Waals surface area contributed by atoms with E-state index in [1.54, 1.807) is 0 Å². The quantitative estimate of drug-likeness (QED) is 0.431. The molecule has 1 saturated heterocycles. The van der Waals surface area contributed by atoms with E-state index in [2.05, 4.69) is 11.2 Å². The van der Waals surface area contributed by atoms with Gasteiger partial charge in [-0.2, -0.15) is 0 Å². The molecular formula is C12H19NO2. The van der Waals surface area contributed by atoms with E-state index < -0.39 is 0 Å². The van der Waals surface area contributed by atoms with Gasteiger partial charge in [-0.05, 0) is 25.7 Å². The number of nitrogens with one attached hydrogen (secondary N) is 1. The topological polar surface area (TPSA) is 38.3 Å². The Morgan fingerprint density at radius 1 is 1.60 bits per heavy atom. The highest BCUT2D eigenvalue weighted by Crippen LogP contribution is 2.16. The lowest BCUT2D eigenvalue weighted by atomic mass is 9.93. The lowest BCUT2D eigenvalue weighted by Crippen LogP contribution is -2.38. The summed E-state index contributed by atoms with van der Waals surface area (Å²) < 4.78 is 4.88. The molecule has 15 heavy (non-hydrogen) atoms. The lowest BCUT2D eigenvalue weighted by Gasteiger charge is -2.27. The molecule has 84 valence electrons. The van der Waals surface area contributed by atoms with Gasteiger partial charge in [0.25, 0.3) is 0 Å². The largest absolute Gasteiger partial charge is 0.466 e. The highest BCUT2D eigenvalue weighted by Gasteiger charge is 2.18. The Labute approximate surface area is 91.6 Å². The molecule has 0 saturated carbocycles. The van der Waals surface area contributed by atoms with Crippen LogP contribution in [0.25, 0.3) is 0 Å². The van der Waals surface area contributed by atoms with Crippen LogP contribution in [0.15, 0.2) is 0 Å². The fourth-order valence-corrected chi connectivity index (χ4v) is 1.85. The van der Waals surface area contributed by atoms with Crippen LogP contribution in [0.4, 0.5) is 0 Å². The summed E-state index contributed by atoms with van der Waals surface area (Å²) >= 11 is 0. The maximum Gasteiger partial charge on any atom is 0.302 e. The zero-order valence-electron chi connectivity index (χ0n) is 9.29. The molecule has 0 aromatic heterocycles. The van der Waals surface area contributed by atoms with Gasteiger partial charge in [0, 0.05) is 25.4 Å². The molecule has 0 aromatic rings. The van der Waals surface area contributed by atoms with Crippen LogP contribution in [-0.4, -0.2) is 25.2 Å². The van der Waals surface area contributed by atoms with Crippen LogP contribution in [0.1, 0.15) is 32.6 Å². The molecule has 3 heteroatoms. The summed E-state index contributed by atoms with van der Waals surface area (Å²) in [6.45, 7) is 2.90. The Balaban J connectivity index is 2.04. The maximum absolute atomic E-state index is 10.5. The van der Waals surface area contributed by atoms with Gasteiger partial charge in [0.2, 0.25) is 0 Å². The van der Waals surface area contributed by atoms with Crippen molar-refractivity contribution in [3.05, 3.63) is 0 Å². The van der Waals surface area contributed by atoms with Crippen LogP contribution in [0.2, 0.25) is 0 Å². The number of terminal acetylenes is 1. The number of carbonyl (C=O) groups is 1. The molecule has 1 aliphatic rings. The summed E-state index contributed by atoms with van der Waals surface area (Å²) in [5.41, 5.74) is 0. The molecular weight excluding hydrogens is 190 g/mol. The number of hydrogen-bond acceptors (Lipinski definition) is 3. The molecule has 0 spiro atoms. The fraction of sp³-hybridized carbons (Fsp3) is 0.750. The summed E-state index contributed by atoms with van der Waals surface area (Å²) in [5.74, 6) is 2.98. The van der Waals surface area contributed by atoms with Gasteiger partial charge < -0.3 is 10.1 Å². The third kappa shape index (κ3) is 4.85. The standard InChI is InChI=1S/C12H19NO2/c1-3-11-6-7-12(13-9-11)5-4-8-15-10(2)14/h1,11-13H,4-9H2,2H3. The monoisotopic (exact) mass is 209 g/mol. The van der Waals surface area contributed by atoms with Gasteiger partial charge in [-0.25, -0.2) is 0 Å². The Hall–Kier alpha value is -1.01. The van der Waals surface area contributed by atoms with Crippen molar-refractivity contribution >= 4 is 5.97 Å². The van der Waals surface area contributed by atoms with E-state index >= 15 is 0 Å². The SMILES string of the molecule is C#CC1CCC(CCCOC(C)=O)NC1. The molecule has 0 radical (unpaired) electrons. The smallest absolute Gasteiger partial charge is 0.302 e. The third-order valence-corrected chi connectivity index (χ3v) is 2.75. The van der Waals surface area contributed by atoms with Gasteiger partial charge in [-0.15, -0.1) is 12.3 Å². The van der Waals surface area contributed by atoms with Crippen molar-refractivity contribution in [1.29, 1.82) is 0 Å². The second kappa shape index (κ2) is 6.47. The molecule has 1 heterocycles. The van der Waals surface area contributed by atoms with Crippen LogP contribution in [-0.2, 0) is 9.53 Å². The predicted molar refractivity (Wildman–Crippen MR) is 59.2 cm³/mol. The molecule has 1 fully saturated rings. The Kier molecular flexibility index (Phi) is 5.20. The van der Waals surface area contributed by atoms with E-state index in [4.69, 9.17) is 11.2 Å². The van der Waals surface area contributed by atoms with E-state index in [1.807, 2.05) is 0 Å². The Bertz CT molecular complexity index is 236. The van der Waals surface area contributed by atoms with Crippen molar-refractivity contribution in [2.75, 3.05) is 13.2 Å². The summed E-state index contributed by atoms with van der Waals surface area (Å²) in [6.07, 6.45) is 9.59. The number of carbonyl (C=O) groups excluding carboxylic acids is 1. The van der Waals surface area contributed by atoms with Gasteiger partial charge in [0.05, 0.1) is 6.61 Å². The average Bonchev–Trinajstić information content (AvgIpc) is 2.25. The number of hydrogen-bond donors (Lipinski definition) is 1. The van der Waals surface area contributed by atoms with Gasteiger partial charge in [-0.3, -0.25) is 4.79 Å². The van der Waals surface area contributed by atoms with Crippen molar-refractivity contribution in [2.45, 2.75) is 38.6 Å². The van der Waals surface area contributed by atoms with Crippen molar-refractivity contribution in [1.82, 2.24) is 5.32 Å². The van der Waals surface area contributed by atoms with E-state index in [1.165, 1.54) is 6.92 Å². The molecule has 1 aliphatic heterocycles. The van der Waals surface area contributed by atoms with Crippen LogP contribution in [0, 0.1) is 18.3 Å². The zero-order valence-corrected chi connectivity index (χ0v) is 9.29. The number of rotatable bonds is 4. The van der Waals surface area contributed by atoms with Crippen molar-refractivity contribution in [2.24, 2.45) is 5.92 Å². The Morgan fingerprint density at radius 2 is 2.40 bits per heavy atom. The van der Waals surface area contributed by atoms with Crippen LogP contribution in [0.5, 0.6) is 0 Å². The summed E-state index contributed by atoms with van der Waals surface area (Å²) in [4.78, 5) is 10.5. The first-order valence-electron chi connectivity index (χ1n) is 5.55. The molecule has 0 aromatic carbocycles. The van der Waals surface area contributed by atoms with E-state index in [9.17, 15) is 4.79 Å². The number of ether oxygens (including phenoxy) is 1. The second-order valence-corrected chi connectivity index (χ2v) is 4.03.